The van der Waals surface area contributed by atoms with E-state index in [9.17, 15) is 4.79 Å². The fraction of sp³-hybridized carbons (Fsp3) is 0.526. The van der Waals surface area contributed by atoms with E-state index in [4.69, 9.17) is 4.74 Å². The fourth-order valence-corrected chi connectivity index (χ4v) is 4.19. The monoisotopic (exact) mass is 374 g/mol. The van der Waals surface area contributed by atoms with Crippen LogP contribution >= 0.6 is 11.3 Å². The Hall–Kier alpha value is -1.99. The summed E-state index contributed by atoms with van der Waals surface area (Å²) in [4.78, 5) is 14.6. The van der Waals surface area contributed by atoms with E-state index in [2.05, 4.69) is 27.5 Å². The van der Waals surface area contributed by atoms with Gasteiger partial charge in [-0.05, 0) is 50.1 Å². The maximum absolute atomic E-state index is 12.3. The highest BCUT2D eigenvalue weighted by molar-refractivity contribution is 7.13. The maximum Gasteiger partial charge on any atom is 0.286 e. The van der Waals surface area contributed by atoms with Crippen molar-refractivity contribution in [2.24, 2.45) is 5.92 Å². The molecule has 3 rings (SSSR count). The van der Waals surface area contributed by atoms with Gasteiger partial charge in [-0.1, -0.05) is 30.6 Å². The quantitative estimate of drug-likeness (QED) is 0.798. The summed E-state index contributed by atoms with van der Waals surface area (Å²) in [6.07, 6.45) is 6.75. The molecule has 0 saturated heterocycles. The first-order chi connectivity index (χ1) is 12.6. The number of benzene rings is 1. The Labute approximate surface area is 158 Å². The van der Waals surface area contributed by atoms with Gasteiger partial charge in [0.25, 0.3) is 5.91 Å². The normalized spacial score (nSPS) is 15.2. The minimum absolute atomic E-state index is 0.228. The first-order valence-electron chi connectivity index (χ1n) is 9.10. The minimum atomic E-state index is -0.228. The number of anilines is 1. The number of nitrogens with one attached hydrogen (secondary N) is 1. The van der Waals surface area contributed by atoms with Gasteiger partial charge < -0.3 is 10.1 Å². The number of methoxy groups -OCH3 is 1. The highest BCUT2D eigenvalue weighted by Gasteiger charge is 2.18. The van der Waals surface area contributed by atoms with E-state index in [1.54, 1.807) is 31.4 Å². The number of hydrogen-bond donors (Lipinski definition) is 1. The molecular weight excluding hydrogens is 348 g/mol. The van der Waals surface area contributed by atoms with Crippen LogP contribution in [0.1, 0.15) is 46.9 Å². The van der Waals surface area contributed by atoms with Crippen molar-refractivity contribution in [2.75, 3.05) is 26.0 Å². The van der Waals surface area contributed by atoms with Gasteiger partial charge in [0.2, 0.25) is 5.01 Å². The number of aromatic nitrogens is 2. The van der Waals surface area contributed by atoms with E-state index in [0.29, 0.717) is 10.7 Å². The molecule has 7 heteroatoms. The van der Waals surface area contributed by atoms with Crippen LogP contribution in [0.5, 0.6) is 5.75 Å². The standard InChI is InChI=1S/C19H26N4O2S/c1-23(12-14-6-4-3-5-7-14)13-17-21-22-19(26-17)18(24)20-15-8-10-16(25-2)11-9-15/h8-11,14H,3-7,12-13H2,1-2H3,(H,20,24). The van der Waals surface area contributed by atoms with Crippen molar-refractivity contribution in [1.82, 2.24) is 15.1 Å². The molecule has 1 N–H and O–H groups in total. The largest absolute Gasteiger partial charge is 0.497 e. The SMILES string of the molecule is COc1ccc(NC(=O)c2nnc(CN(C)CC3CCCCC3)s2)cc1. The van der Waals surface area contributed by atoms with Crippen LogP contribution in [0.4, 0.5) is 5.69 Å². The average molecular weight is 375 g/mol. The van der Waals surface area contributed by atoms with E-state index in [1.165, 1.54) is 43.4 Å². The molecular formula is C19H26N4O2S. The Kier molecular flexibility index (Phi) is 6.57. The van der Waals surface area contributed by atoms with Crippen LogP contribution in [0, 0.1) is 5.92 Å². The third-order valence-corrected chi connectivity index (χ3v) is 5.62. The van der Waals surface area contributed by atoms with E-state index < -0.39 is 0 Å². The molecule has 0 unspecified atom stereocenters. The van der Waals surface area contributed by atoms with Crippen molar-refractivity contribution >= 4 is 22.9 Å². The van der Waals surface area contributed by atoms with E-state index in [1.807, 2.05) is 0 Å². The fourth-order valence-electron chi connectivity index (χ4n) is 3.37. The van der Waals surface area contributed by atoms with Crippen LogP contribution in [0.2, 0.25) is 0 Å². The third kappa shape index (κ3) is 5.25. The van der Waals surface area contributed by atoms with Gasteiger partial charge in [-0.3, -0.25) is 9.69 Å². The van der Waals surface area contributed by atoms with Gasteiger partial charge in [-0.25, -0.2) is 0 Å². The van der Waals surface area contributed by atoms with Crippen LogP contribution in [0.15, 0.2) is 24.3 Å². The molecule has 0 bridgehead atoms. The van der Waals surface area contributed by atoms with Gasteiger partial charge >= 0.3 is 0 Å². The summed E-state index contributed by atoms with van der Waals surface area (Å²) < 4.78 is 5.12. The summed E-state index contributed by atoms with van der Waals surface area (Å²) in [5, 5.41) is 12.3. The molecule has 1 heterocycles. The van der Waals surface area contributed by atoms with Crippen LogP contribution in [0.25, 0.3) is 0 Å². The number of carbonyl (C=O) groups is 1. The lowest BCUT2D eigenvalue weighted by molar-refractivity contribution is 0.102. The molecule has 1 aliphatic carbocycles. The van der Waals surface area contributed by atoms with Gasteiger partial charge in [0.05, 0.1) is 13.7 Å². The number of nitrogens with zero attached hydrogens (tertiary/aromatic N) is 3. The average Bonchev–Trinajstić information content (AvgIpc) is 3.11. The first-order valence-corrected chi connectivity index (χ1v) is 9.92. The molecule has 6 nitrogen and oxygen atoms in total. The molecule has 0 atom stereocenters. The molecule has 1 aromatic heterocycles. The second kappa shape index (κ2) is 9.09. The predicted molar refractivity (Wildman–Crippen MR) is 104 cm³/mol. The van der Waals surface area contributed by atoms with Crippen molar-refractivity contribution < 1.29 is 9.53 Å². The molecule has 1 amide bonds. The highest BCUT2D eigenvalue weighted by Crippen LogP contribution is 2.25. The topological polar surface area (TPSA) is 67.3 Å². The van der Waals surface area contributed by atoms with E-state index in [0.717, 1.165) is 29.8 Å². The zero-order valence-corrected chi connectivity index (χ0v) is 16.2. The van der Waals surface area contributed by atoms with E-state index >= 15 is 0 Å². The second-order valence-corrected chi connectivity index (χ2v) is 7.95. The zero-order chi connectivity index (χ0) is 18.4. The van der Waals surface area contributed by atoms with Gasteiger partial charge in [0.15, 0.2) is 0 Å². The van der Waals surface area contributed by atoms with Gasteiger partial charge in [0.1, 0.15) is 10.8 Å². The number of rotatable bonds is 7. The molecule has 2 aromatic rings. The van der Waals surface area contributed by atoms with Crippen molar-refractivity contribution in [3.8, 4) is 5.75 Å². The third-order valence-electron chi connectivity index (χ3n) is 4.71. The molecule has 1 aliphatic rings. The van der Waals surface area contributed by atoms with Crippen molar-refractivity contribution in [2.45, 2.75) is 38.6 Å². The van der Waals surface area contributed by atoms with Crippen LogP contribution in [0.3, 0.4) is 0 Å². The first kappa shape index (κ1) is 18.8. The smallest absolute Gasteiger partial charge is 0.286 e. The maximum atomic E-state index is 12.3. The Morgan fingerprint density at radius 1 is 1.23 bits per heavy atom. The van der Waals surface area contributed by atoms with Crippen molar-refractivity contribution in [3.63, 3.8) is 0 Å². The lowest BCUT2D eigenvalue weighted by Crippen LogP contribution is -2.26. The van der Waals surface area contributed by atoms with Gasteiger partial charge in [0, 0.05) is 12.2 Å². The number of amides is 1. The Morgan fingerprint density at radius 2 is 1.96 bits per heavy atom. The summed E-state index contributed by atoms with van der Waals surface area (Å²) in [6.45, 7) is 1.83. The lowest BCUT2D eigenvalue weighted by atomic mass is 9.89. The highest BCUT2D eigenvalue weighted by atomic mass is 32.1. The number of hydrogen-bond acceptors (Lipinski definition) is 6. The Balaban J connectivity index is 1.51. The molecule has 1 saturated carbocycles. The second-order valence-electron chi connectivity index (χ2n) is 6.88. The predicted octanol–water partition coefficient (Wildman–Crippen LogP) is 3.81. The van der Waals surface area contributed by atoms with Gasteiger partial charge in [-0.15, -0.1) is 10.2 Å². The van der Waals surface area contributed by atoms with Crippen LogP contribution in [-0.2, 0) is 6.54 Å². The Morgan fingerprint density at radius 3 is 2.65 bits per heavy atom. The molecule has 1 aromatic carbocycles. The van der Waals surface area contributed by atoms with Crippen molar-refractivity contribution in [3.05, 3.63) is 34.3 Å². The molecule has 0 aliphatic heterocycles. The van der Waals surface area contributed by atoms with Crippen LogP contribution < -0.4 is 10.1 Å². The minimum Gasteiger partial charge on any atom is -0.497 e. The van der Waals surface area contributed by atoms with E-state index in [-0.39, 0.29) is 5.91 Å². The number of ether oxygens (including phenoxy) is 1. The summed E-state index contributed by atoms with van der Waals surface area (Å²) >= 11 is 1.36. The molecule has 26 heavy (non-hydrogen) atoms. The summed E-state index contributed by atoms with van der Waals surface area (Å²) in [5.41, 5.74) is 0.710. The lowest BCUT2D eigenvalue weighted by Gasteiger charge is -2.26. The molecule has 1 fully saturated rings. The summed E-state index contributed by atoms with van der Waals surface area (Å²) in [5.74, 6) is 1.32. The molecule has 140 valence electrons. The zero-order valence-electron chi connectivity index (χ0n) is 15.4. The Bertz CT molecular complexity index is 711. The summed E-state index contributed by atoms with van der Waals surface area (Å²) in [7, 11) is 3.73. The van der Waals surface area contributed by atoms with Crippen LogP contribution in [-0.4, -0.2) is 41.7 Å². The summed E-state index contributed by atoms with van der Waals surface area (Å²) in [6, 6.07) is 7.22. The molecule has 0 radical (unpaired) electrons. The van der Waals surface area contributed by atoms with Gasteiger partial charge in [-0.2, -0.15) is 0 Å². The van der Waals surface area contributed by atoms with Crippen molar-refractivity contribution in [1.29, 1.82) is 0 Å². The molecule has 0 spiro atoms. The number of carbonyl (C=O) groups excluding carboxylic acids is 1.